The van der Waals surface area contributed by atoms with Gasteiger partial charge in [0.25, 0.3) is 5.69 Å². The van der Waals surface area contributed by atoms with E-state index in [1.165, 1.54) is 24.3 Å². The van der Waals surface area contributed by atoms with Crippen LogP contribution in [-0.2, 0) is 4.74 Å². The number of hydrogen-bond acceptors (Lipinski definition) is 6. The predicted molar refractivity (Wildman–Crippen MR) is 89.1 cm³/mol. The Morgan fingerprint density at radius 3 is 2.54 bits per heavy atom. The van der Waals surface area contributed by atoms with E-state index in [4.69, 9.17) is 17.0 Å². The number of carbonyl (C=O) groups excluding carboxylic acids is 1. The van der Waals surface area contributed by atoms with Gasteiger partial charge in [0.1, 0.15) is 10.7 Å². The fraction of sp³-hybridized carbons (Fsp3) is 0.188. The number of aromatic nitrogens is 1. The summed E-state index contributed by atoms with van der Waals surface area (Å²) in [7, 11) is 0. The molecule has 0 amide bonds. The number of hydrogen-bond donors (Lipinski definition) is 1. The summed E-state index contributed by atoms with van der Waals surface area (Å²) in [4.78, 5) is 25.4. The summed E-state index contributed by atoms with van der Waals surface area (Å²) < 4.78 is 5.25. The Balaban J connectivity index is 2.73. The quantitative estimate of drug-likeness (QED) is 0.392. The molecule has 7 nitrogen and oxygen atoms in total. The maximum Gasteiger partial charge on any atom is 0.340 e. The topological polar surface area (TPSA) is 109 Å². The summed E-state index contributed by atoms with van der Waals surface area (Å²) in [6.45, 7) is 3.47. The van der Waals surface area contributed by atoms with Crippen LogP contribution < -0.4 is 0 Å². The van der Waals surface area contributed by atoms with E-state index in [0.717, 1.165) is 0 Å². The van der Waals surface area contributed by atoms with Gasteiger partial charge < -0.3 is 9.72 Å². The highest BCUT2D eigenvalue weighted by Crippen LogP contribution is 2.28. The predicted octanol–water partition coefficient (Wildman–Crippen LogP) is 3.68. The fourth-order valence-electron chi connectivity index (χ4n) is 2.28. The third-order valence-electron chi connectivity index (χ3n) is 3.42. The molecule has 0 aliphatic carbocycles. The molecular weight excluding hydrogens is 330 g/mol. The van der Waals surface area contributed by atoms with E-state index in [1.54, 1.807) is 13.8 Å². The fourth-order valence-corrected chi connectivity index (χ4v) is 2.58. The molecule has 122 valence electrons. The number of benzene rings is 1. The lowest BCUT2D eigenvalue weighted by molar-refractivity contribution is -0.384. The Labute approximate surface area is 142 Å². The van der Waals surface area contributed by atoms with Gasteiger partial charge in [-0.05, 0) is 37.1 Å². The number of nitriles is 1. The molecule has 0 aliphatic heterocycles. The molecule has 0 unspecified atom stereocenters. The van der Waals surface area contributed by atoms with Crippen molar-refractivity contribution in [3.63, 3.8) is 0 Å². The zero-order valence-electron chi connectivity index (χ0n) is 13.0. The van der Waals surface area contributed by atoms with Crippen LogP contribution in [0.5, 0.6) is 0 Å². The Hall–Kier alpha value is -3.05. The molecule has 0 aliphatic rings. The number of pyridine rings is 1. The molecule has 0 spiro atoms. The molecule has 2 aromatic rings. The highest BCUT2D eigenvalue weighted by Gasteiger charge is 2.21. The number of esters is 1. The highest BCUT2D eigenvalue weighted by molar-refractivity contribution is 7.71. The number of rotatable bonds is 4. The first-order valence-electron chi connectivity index (χ1n) is 6.99. The lowest BCUT2D eigenvalue weighted by atomic mass is 9.98. The summed E-state index contributed by atoms with van der Waals surface area (Å²) in [6, 6.07) is 7.64. The minimum atomic E-state index is -0.592. The van der Waals surface area contributed by atoms with E-state index in [9.17, 15) is 20.2 Å². The van der Waals surface area contributed by atoms with Crippen molar-refractivity contribution in [1.29, 1.82) is 5.26 Å². The van der Waals surface area contributed by atoms with Crippen LogP contribution in [0.3, 0.4) is 0 Å². The monoisotopic (exact) mass is 343 g/mol. The molecule has 2 rings (SSSR count). The van der Waals surface area contributed by atoms with Crippen molar-refractivity contribution in [2.45, 2.75) is 13.8 Å². The van der Waals surface area contributed by atoms with Gasteiger partial charge in [-0.25, -0.2) is 4.79 Å². The van der Waals surface area contributed by atoms with Gasteiger partial charge in [-0.1, -0.05) is 12.2 Å². The molecule has 1 N–H and O–H groups in total. The van der Waals surface area contributed by atoms with Crippen LogP contribution in [-0.4, -0.2) is 22.5 Å². The second-order valence-electron chi connectivity index (χ2n) is 4.84. The zero-order valence-corrected chi connectivity index (χ0v) is 13.8. The average Bonchev–Trinajstić information content (AvgIpc) is 2.55. The average molecular weight is 343 g/mol. The summed E-state index contributed by atoms with van der Waals surface area (Å²) in [5.74, 6) is -0.592. The van der Waals surface area contributed by atoms with Crippen LogP contribution in [0.1, 0.15) is 28.4 Å². The maximum atomic E-state index is 12.3. The maximum absolute atomic E-state index is 12.3. The van der Waals surface area contributed by atoms with Crippen molar-refractivity contribution < 1.29 is 14.5 Å². The van der Waals surface area contributed by atoms with Crippen molar-refractivity contribution in [1.82, 2.24) is 4.98 Å². The molecule has 0 bridgehead atoms. The minimum absolute atomic E-state index is 0.0691. The van der Waals surface area contributed by atoms with Gasteiger partial charge in [0.2, 0.25) is 0 Å². The Morgan fingerprint density at radius 2 is 2.04 bits per heavy atom. The molecule has 0 atom stereocenters. The number of carbonyl (C=O) groups is 1. The molecular formula is C16H13N3O4S. The number of non-ortho nitro benzene ring substituents is 1. The zero-order chi connectivity index (χ0) is 17.9. The lowest BCUT2D eigenvalue weighted by Crippen LogP contribution is -2.12. The number of nitro groups is 1. The van der Waals surface area contributed by atoms with Crippen molar-refractivity contribution in [3.05, 3.63) is 55.7 Å². The van der Waals surface area contributed by atoms with Crippen molar-refractivity contribution in [2.24, 2.45) is 0 Å². The van der Waals surface area contributed by atoms with Crippen LogP contribution in [0.4, 0.5) is 5.69 Å². The molecule has 1 heterocycles. The molecule has 0 radical (unpaired) electrons. The third kappa shape index (κ3) is 3.16. The van der Waals surface area contributed by atoms with E-state index < -0.39 is 10.9 Å². The second-order valence-corrected chi connectivity index (χ2v) is 5.25. The SMILES string of the molecule is CCOC(=O)c1c(-c2ccc([N+](=O)[O-])cc2)[nH]c(=S)c(C#N)c1C. The summed E-state index contributed by atoms with van der Waals surface area (Å²) in [6.07, 6.45) is 0. The molecule has 8 heteroatoms. The molecule has 0 saturated heterocycles. The Kier molecular flexibility index (Phi) is 5.06. The number of H-pyrrole nitrogens is 1. The Bertz CT molecular complexity index is 911. The van der Waals surface area contributed by atoms with Gasteiger partial charge in [0.15, 0.2) is 0 Å². The van der Waals surface area contributed by atoms with Crippen LogP contribution in [0, 0.1) is 33.0 Å². The smallest absolute Gasteiger partial charge is 0.340 e. The first-order chi connectivity index (χ1) is 11.4. The third-order valence-corrected chi connectivity index (χ3v) is 3.73. The minimum Gasteiger partial charge on any atom is -0.462 e. The van der Waals surface area contributed by atoms with Gasteiger partial charge in [0, 0.05) is 12.1 Å². The van der Waals surface area contributed by atoms with Crippen molar-refractivity contribution in [2.75, 3.05) is 6.61 Å². The first-order valence-corrected chi connectivity index (χ1v) is 7.40. The van der Waals surface area contributed by atoms with Crippen molar-refractivity contribution >= 4 is 23.9 Å². The van der Waals surface area contributed by atoms with Crippen LogP contribution in [0.2, 0.25) is 0 Å². The van der Waals surface area contributed by atoms with Gasteiger partial charge in [-0.3, -0.25) is 10.1 Å². The van der Waals surface area contributed by atoms with Gasteiger partial charge in [0.05, 0.1) is 28.4 Å². The van der Waals surface area contributed by atoms with Gasteiger partial charge in [-0.15, -0.1) is 0 Å². The number of nitrogens with one attached hydrogen (secondary N) is 1. The van der Waals surface area contributed by atoms with Crippen LogP contribution in [0.25, 0.3) is 11.3 Å². The molecule has 0 fully saturated rings. The van der Waals surface area contributed by atoms with Gasteiger partial charge in [-0.2, -0.15) is 5.26 Å². The van der Waals surface area contributed by atoms with E-state index in [2.05, 4.69) is 4.98 Å². The second kappa shape index (κ2) is 7.02. The number of nitrogens with zero attached hydrogens (tertiary/aromatic N) is 2. The Morgan fingerprint density at radius 1 is 1.42 bits per heavy atom. The van der Waals surface area contributed by atoms with Crippen molar-refractivity contribution in [3.8, 4) is 17.3 Å². The number of aromatic amines is 1. The van der Waals surface area contributed by atoms with E-state index in [1.807, 2.05) is 6.07 Å². The summed E-state index contributed by atoms with van der Waals surface area (Å²) in [5, 5.41) is 20.0. The lowest BCUT2D eigenvalue weighted by Gasteiger charge is -2.13. The molecule has 1 aromatic carbocycles. The van der Waals surface area contributed by atoms with E-state index in [-0.39, 0.29) is 28.1 Å². The highest BCUT2D eigenvalue weighted by atomic mass is 32.1. The van der Waals surface area contributed by atoms with Crippen LogP contribution >= 0.6 is 12.2 Å². The van der Waals surface area contributed by atoms with Crippen LogP contribution in [0.15, 0.2) is 24.3 Å². The normalized spacial score (nSPS) is 10.0. The summed E-state index contributed by atoms with van der Waals surface area (Å²) in [5.41, 5.74) is 1.62. The number of nitro benzene ring substituents is 1. The van der Waals surface area contributed by atoms with E-state index in [0.29, 0.717) is 16.8 Å². The van der Waals surface area contributed by atoms with E-state index >= 15 is 0 Å². The number of ether oxygens (including phenoxy) is 1. The largest absolute Gasteiger partial charge is 0.462 e. The molecule has 24 heavy (non-hydrogen) atoms. The van der Waals surface area contributed by atoms with Gasteiger partial charge >= 0.3 is 5.97 Å². The molecule has 0 saturated carbocycles. The first kappa shape index (κ1) is 17.3. The summed E-state index contributed by atoms with van der Waals surface area (Å²) >= 11 is 5.17. The standard InChI is InChI=1S/C16H13N3O4S/c1-3-23-16(20)13-9(2)12(8-17)15(24)18-14(13)10-4-6-11(7-5-10)19(21)22/h4-7H,3H2,1-2H3,(H,18,24). The molecule has 1 aromatic heterocycles.